The summed E-state index contributed by atoms with van der Waals surface area (Å²) in [5, 5.41) is 4.36. The Bertz CT molecular complexity index is 331. The number of hydrogen-bond donors (Lipinski definition) is 0. The molecule has 1 aliphatic rings. The fourth-order valence-electron chi connectivity index (χ4n) is 1.59. The summed E-state index contributed by atoms with van der Waals surface area (Å²) in [4.78, 5) is 0. The predicted octanol–water partition coefficient (Wildman–Crippen LogP) is 2.18. The van der Waals surface area contributed by atoms with Crippen molar-refractivity contribution in [2.75, 3.05) is 18.6 Å². The Labute approximate surface area is 79.1 Å². The fraction of sp³-hybridized carbons (Fsp3) is 0.273. The minimum atomic E-state index is 0.994. The fourth-order valence-corrected chi connectivity index (χ4v) is 1.59. The van der Waals surface area contributed by atoms with Crippen molar-refractivity contribution in [3.05, 3.63) is 42.1 Å². The van der Waals surface area contributed by atoms with Gasteiger partial charge in [-0.1, -0.05) is 24.3 Å². The first kappa shape index (κ1) is 8.32. The number of benzene rings is 1. The van der Waals surface area contributed by atoms with Crippen molar-refractivity contribution in [1.82, 2.24) is 5.01 Å². The highest BCUT2D eigenvalue weighted by molar-refractivity contribution is 5.55. The Hall–Kier alpha value is -1.28. The van der Waals surface area contributed by atoms with Crippen LogP contribution >= 0.6 is 0 Å². The minimum absolute atomic E-state index is 0.994. The first-order chi connectivity index (χ1) is 6.29. The third-order valence-corrected chi connectivity index (χ3v) is 2.35. The molecule has 0 aliphatic carbocycles. The summed E-state index contributed by atoms with van der Waals surface area (Å²) < 4.78 is 0. The molecule has 1 aromatic rings. The van der Waals surface area contributed by atoms with Gasteiger partial charge in [0.2, 0.25) is 0 Å². The van der Waals surface area contributed by atoms with Gasteiger partial charge in [0.1, 0.15) is 0 Å². The predicted molar refractivity (Wildman–Crippen MR) is 55.4 cm³/mol. The lowest BCUT2D eigenvalue weighted by Gasteiger charge is -2.26. The third kappa shape index (κ3) is 1.45. The van der Waals surface area contributed by atoms with Crippen molar-refractivity contribution in [3.8, 4) is 0 Å². The maximum absolute atomic E-state index is 2.18. The quantitative estimate of drug-likeness (QED) is 0.644. The standard InChI is InChI=1S/C11H14N2/c1-10-6-3-4-7-11(10)13-9-5-8-12(13)2/h3-7,9H,8H2,1-2H3. The molecule has 2 nitrogen and oxygen atoms in total. The van der Waals surface area contributed by atoms with Crippen LogP contribution in [-0.2, 0) is 0 Å². The zero-order chi connectivity index (χ0) is 9.26. The number of likely N-dealkylation sites (N-methyl/N-ethyl adjacent to an activating group) is 1. The molecule has 0 spiro atoms. The number of hydrogen-bond acceptors (Lipinski definition) is 2. The molecular formula is C11H14N2. The molecule has 0 aromatic heterocycles. The van der Waals surface area contributed by atoms with Gasteiger partial charge in [-0.3, -0.25) is 5.01 Å². The summed E-state index contributed by atoms with van der Waals surface area (Å²) >= 11 is 0. The van der Waals surface area contributed by atoms with Gasteiger partial charge in [-0.2, -0.15) is 0 Å². The number of hydrazine groups is 1. The van der Waals surface area contributed by atoms with Crippen LogP contribution in [0.25, 0.3) is 0 Å². The van der Waals surface area contributed by atoms with Crippen LogP contribution in [0.2, 0.25) is 0 Å². The van der Waals surface area contributed by atoms with Crippen LogP contribution in [0, 0.1) is 6.92 Å². The Morgan fingerprint density at radius 2 is 2.00 bits per heavy atom. The lowest BCUT2D eigenvalue weighted by molar-refractivity contribution is 0.396. The highest BCUT2D eigenvalue weighted by atomic mass is 15.6. The van der Waals surface area contributed by atoms with Crippen LogP contribution in [-0.4, -0.2) is 18.6 Å². The van der Waals surface area contributed by atoms with Crippen LogP contribution in [0.15, 0.2) is 36.5 Å². The van der Waals surface area contributed by atoms with E-state index in [0.717, 1.165) is 6.54 Å². The smallest absolute Gasteiger partial charge is 0.0602 e. The Kier molecular flexibility index (Phi) is 2.07. The van der Waals surface area contributed by atoms with Gasteiger partial charge in [-0.15, -0.1) is 0 Å². The van der Waals surface area contributed by atoms with Crippen LogP contribution in [0.5, 0.6) is 0 Å². The summed E-state index contributed by atoms with van der Waals surface area (Å²) in [5.41, 5.74) is 2.57. The average molecular weight is 174 g/mol. The molecule has 0 atom stereocenters. The number of para-hydroxylation sites is 1. The summed E-state index contributed by atoms with van der Waals surface area (Å²) in [7, 11) is 2.09. The van der Waals surface area contributed by atoms with Crippen LogP contribution in [0.1, 0.15) is 5.56 Å². The van der Waals surface area contributed by atoms with Crippen LogP contribution < -0.4 is 5.01 Å². The molecule has 0 fully saturated rings. The second-order valence-electron chi connectivity index (χ2n) is 3.36. The van der Waals surface area contributed by atoms with Gasteiger partial charge in [0.25, 0.3) is 0 Å². The number of aryl methyl sites for hydroxylation is 1. The van der Waals surface area contributed by atoms with Crippen molar-refractivity contribution < 1.29 is 0 Å². The summed E-state index contributed by atoms with van der Waals surface area (Å²) in [6, 6.07) is 8.41. The summed E-state index contributed by atoms with van der Waals surface area (Å²) in [6.07, 6.45) is 4.27. The molecule has 0 radical (unpaired) electrons. The monoisotopic (exact) mass is 174 g/mol. The average Bonchev–Trinajstić information content (AvgIpc) is 2.52. The molecule has 68 valence electrons. The Morgan fingerprint density at radius 1 is 1.23 bits per heavy atom. The van der Waals surface area contributed by atoms with Crippen molar-refractivity contribution in [2.45, 2.75) is 6.92 Å². The number of rotatable bonds is 1. The second kappa shape index (κ2) is 3.23. The molecule has 1 aromatic carbocycles. The molecule has 13 heavy (non-hydrogen) atoms. The summed E-state index contributed by atoms with van der Waals surface area (Å²) in [6.45, 7) is 3.13. The number of anilines is 1. The van der Waals surface area contributed by atoms with Gasteiger partial charge in [-0.05, 0) is 18.6 Å². The van der Waals surface area contributed by atoms with E-state index in [1.54, 1.807) is 0 Å². The molecule has 0 unspecified atom stereocenters. The molecule has 0 amide bonds. The van der Waals surface area contributed by atoms with E-state index >= 15 is 0 Å². The molecule has 0 saturated heterocycles. The lowest BCUT2D eigenvalue weighted by Crippen LogP contribution is -2.31. The largest absolute Gasteiger partial charge is 0.282 e. The molecule has 0 saturated carbocycles. The normalized spacial score (nSPS) is 16.9. The van der Waals surface area contributed by atoms with E-state index in [4.69, 9.17) is 0 Å². The van der Waals surface area contributed by atoms with Crippen molar-refractivity contribution in [3.63, 3.8) is 0 Å². The van der Waals surface area contributed by atoms with Gasteiger partial charge in [0.05, 0.1) is 5.69 Å². The molecule has 2 rings (SSSR count). The zero-order valence-electron chi connectivity index (χ0n) is 8.07. The Balaban J connectivity index is 2.35. The van der Waals surface area contributed by atoms with Crippen LogP contribution in [0.3, 0.4) is 0 Å². The van der Waals surface area contributed by atoms with Gasteiger partial charge in [0.15, 0.2) is 0 Å². The topological polar surface area (TPSA) is 6.48 Å². The molecule has 2 heteroatoms. The van der Waals surface area contributed by atoms with Crippen molar-refractivity contribution in [1.29, 1.82) is 0 Å². The highest BCUT2D eigenvalue weighted by Gasteiger charge is 2.13. The second-order valence-corrected chi connectivity index (χ2v) is 3.36. The van der Waals surface area contributed by atoms with Gasteiger partial charge in [-0.25, -0.2) is 5.01 Å². The van der Waals surface area contributed by atoms with Gasteiger partial charge in [0, 0.05) is 19.8 Å². The van der Waals surface area contributed by atoms with E-state index < -0.39 is 0 Å². The first-order valence-corrected chi connectivity index (χ1v) is 4.51. The molecular weight excluding hydrogens is 160 g/mol. The molecule has 0 N–H and O–H groups in total. The van der Waals surface area contributed by atoms with Crippen molar-refractivity contribution >= 4 is 5.69 Å². The van der Waals surface area contributed by atoms with E-state index in [0.29, 0.717) is 0 Å². The van der Waals surface area contributed by atoms with Crippen LogP contribution in [0.4, 0.5) is 5.69 Å². The molecule has 1 aliphatic heterocycles. The Morgan fingerprint density at radius 3 is 2.62 bits per heavy atom. The van der Waals surface area contributed by atoms with E-state index in [-0.39, 0.29) is 0 Å². The maximum Gasteiger partial charge on any atom is 0.0602 e. The number of nitrogens with zero attached hydrogens (tertiary/aromatic N) is 2. The third-order valence-electron chi connectivity index (χ3n) is 2.35. The molecule has 1 heterocycles. The highest BCUT2D eigenvalue weighted by Crippen LogP contribution is 2.22. The SMILES string of the molecule is Cc1ccccc1N1C=CCN1C. The minimum Gasteiger partial charge on any atom is -0.282 e. The van der Waals surface area contributed by atoms with E-state index in [2.05, 4.69) is 60.5 Å². The summed E-state index contributed by atoms with van der Waals surface area (Å²) in [5.74, 6) is 0. The first-order valence-electron chi connectivity index (χ1n) is 4.51. The van der Waals surface area contributed by atoms with E-state index in [1.165, 1.54) is 11.3 Å². The van der Waals surface area contributed by atoms with E-state index in [9.17, 15) is 0 Å². The van der Waals surface area contributed by atoms with Crippen molar-refractivity contribution in [2.24, 2.45) is 0 Å². The van der Waals surface area contributed by atoms with Gasteiger partial charge >= 0.3 is 0 Å². The molecule has 0 bridgehead atoms. The van der Waals surface area contributed by atoms with Gasteiger partial charge < -0.3 is 0 Å². The zero-order valence-corrected chi connectivity index (χ0v) is 8.07. The van der Waals surface area contributed by atoms with E-state index in [1.807, 2.05) is 0 Å². The maximum atomic E-state index is 2.18. The lowest BCUT2D eigenvalue weighted by atomic mass is 10.2.